The number of pyridine rings is 1. The topological polar surface area (TPSA) is 74.7 Å². The number of hydrogen-bond acceptors (Lipinski definition) is 4. The fourth-order valence-electron chi connectivity index (χ4n) is 2.32. The number of anilines is 1. The van der Waals surface area contributed by atoms with E-state index >= 15 is 0 Å². The molecule has 1 fully saturated rings. The monoisotopic (exact) mass is 216 g/mol. The molecular formula is C12H16N4. The smallest absolute Gasteiger partial charge is 0.163 e. The Hall–Kier alpha value is -1.60. The zero-order valence-corrected chi connectivity index (χ0v) is 9.19. The highest BCUT2D eigenvalue weighted by molar-refractivity contribution is 5.54. The summed E-state index contributed by atoms with van der Waals surface area (Å²) in [6.45, 7) is 0.708. The Morgan fingerprint density at radius 3 is 3.19 bits per heavy atom. The number of nitriles is 1. The van der Waals surface area contributed by atoms with Gasteiger partial charge in [0.05, 0.1) is 5.69 Å². The number of nitrogens with two attached hydrogens (primary N) is 1. The SMILES string of the molecule is N#Cc1ncccc1NC1CCCC1CN. The molecule has 1 aromatic heterocycles. The van der Waals surface area contributed by atoms with Gasteiger partial charge in [-0.2, -0.15) is 5.26 Å². The molecule has 1 aromatic rings. The van der Waals surface area contributed by atoms with E-state index in [2.05, 4.69) is 16.4 Å². The lowest BCUT2D eigenvalue weighted by Crippen LogP contribution is -2.29. The van der Waals surface area contributed by atoms with Crippen molar-refractivity contribution in [1.82, 2.24) is 4.98 Å². The summed E-state index contributed by atoms with van der Waals surface area (Å²) in [5, 5.41) is 12.3. The number of hydrogen-bond donors (Lipinski definition) is 2. The van der Waals surface area contributed by atoms with Gasteiger partial charge in [-0.25, -0.2) is 4.98 Å². The molecule has 16 heavy (non-hydrogen) atoms. The van der Waals surface area contributed by atoms with E-state index in [0.29, 0.717) is 24.2 Å². The molecule has 3 N–H and O–H groups in total. The molecule has 0 bridgehead atoms. The Bertz CT molecular complexity index is 396. The van der Waals surface area contributed by atoms with Crippen molar-refractivity contribution >= 4 is 5.69 Å². The molecule has 4 nitrogen and oxygen atoms in total. The molecule has 4 heteroatoms. The van der Waals surface area contributed by atoms with Crippen LogP contribution in [0, 0.1) is 17.2 Å². The van der Waals surface area contributed by atoms with E-state index in [1.807, 2.05) is 12.1 Å². The maximum absolute atomic E-state index is 8.94. The summed E-state index contributed by atoms with van der Waals surface area (Å²) in [6, 6.07) is 6.23. The van der Waals surface area contributed by atoms with Crippen molar-refractivity contribution in [3.8, 4) is 6.07 Å². The van der Waals surface area contributed by atoms with Crippen molar-refractivity contribution in [2.45, 2.75) is 25.3 Å². The molecule has 2 atom stereocenters. The Morgan fingerprint density at radius 2 is 2.44 bits per heavy atom. The van der Waals surface area contributed by atoms with E-state index in [1.165, 1.54) is 12.8 Å². The van der Waals surface area contributed by atoms with Crippen LogP contribution in [0.15, 0.2) is 18.3 Å². The van der Waals surface area contributed by atoms with Crippen LogP contribution in [-0.4, -0.2) is 17.6 Å². The lowest BCUT2D eigenvalue weighted by Gasteiger charge is -2.20. The van der Waals surface area contributed by atoms with Crippen LogP contribution in [0.4, 0.5) is 5.69 Å². The Labute approximate surface area is 95.5 Å². The quantitative estimate of drug-likeness (QED) is 0.802. The van der Waals surface area contributed by atoms with Crippen LogP contribution in [0.5, 0.6) is 0 Å². The van der Waals surface area contributed by atoms with Crippen molar-refractivity contribution in [2.75, 3.05) is 11.9 Å². The predicted octanol–water partition coefficient (Wildman–Crippen LogP) is 1.49. The van der Waals surface area contributed by atoms with Gasteiger partial charge in [0.25, 0.3) is 0 Å². The van der Waals surface area contributed by atoms with E-state index in [0.717, 1.165) is 12.1 Å². The Morgan fingerprint density at radius 1 is 1.56 bits per heavy atom. The van der Waals surface area contributed by atoms with Crippen molar-refractivity contribution in [2.24, 2.45) is 11.7 Å². The van der Waals surface area contributed by atoms with Crippen LogP contribution in [0.2, 0.25) is 0 Å². The van der Waals surface area contributed by atoms with Gasteiger partial charge in [-0.1, -0.05) is 6.42 Å². The first-order valence-corrected chi connectivity index (χ1v) is 5.67. The molecule has 0 saturated heterocycles. The molecule has 0 aromatic carbocycles. The van der Waals surface area contributed by atoms with Crippen LogP contribution in [0.3, 0.4) is 0 Å². The number of nitrogens with one attached hydrogen (secondary N) is 1. The van der Waals surface area contributed by atoms with Crippen molar-refractivity contribution in [1.29, 1.82) is 5.26 Å². The lowest BCUT2D eigenvalue weighted by molar-refractivity contribution is 0.516. The molecule has 1 saturated carbocycles. The molecule has 0 spiro atoms. The Kier molecular flexibility index (Phi) is 3.37. The summed E-state index contributed by atoms with van der Waals surface area (Å²) < 4.78 is 0. The zero-order chi connectivity index (χ0) is 11.4. The fourth-order valence-corrected chi connectivity index (χ4v) is 2.32. The fraction of sp³-hybridized carbons (Fsp3) is 0.500. The first kappa shape index (κ1) is 10.9. The third-order valence-electron chi connectivity index (χ3n) is 3.22. The molecular weight excluding hydrogens is 200 g/mol. The van der Waals surface area contributed by atoms with E-state index in [4.69, 9.17) is 11.0 Å². The van der Waals surface area contributed by atoms with E-state index in [9.17, 15) is 0 Å². The maximum Gasteiger partial charge on any atom is 0.163 e. The van der Waals surface area contributed by atoms with Gasteiger partial charge in [-0.05, 0) is 37.4 Å². The second-order valence-corrected chi connectivity index (χ2v) is 4.19. The van der Waals surface area contributed by atoms with E-state index in [-0.39, 0.29) is 0 Å². The summed E-state index contributed by atoms with van der Waals surface area (Å²) in [5.41, 5.74) is 7.02. The van der Waals surface area contributed by atoms with Gasteiger partial charge in [-0.15, -0.1) is 0 Å². The first-order valence-electron chi connectivity index (χ1n) is 5.67. The van der Waals surface area contributed by atoms with Crippen LogP contribution >= 0.6 is 0 Å². The summed E-state index contributed by atoms with van der Waals surface area (Å²) in [5.74, 6) is 0.520. The number of nitrogens with zero attached hydrogens (tertiary/aromatic N) is 2. The molecule has 1 aliphatic rings. The van der Waals surface area contributed by atoms with E-state index in [1.54, 1.807) is 6.20 Å². The summed E-state index contributed by atoms with van der Waals surface area (Å²) >= 11 is 0. The minimum atomic E-state index is 0.390. The van der Waals surface area contributed by atoms with Crippen LogP contribution in [0.1, 0.15) is 25.0 Å². The van der Waals surface area contributed by atoms with Crippen molar-refractivity contribution < 1.29 is 0 Å². The first-order chi connectivity index (χ1) is 7.85. The van der Waals surface area contributed by atoms with Gasteiger partial charge in [0.15, 0.2) is 5.69 Å². The minimum absolute atomic E-state index is 0.390. The molecule has 84 valence electrons. The molecule has 0 radical (unpaired) electrons. The van der Waals surface area contributed by atoms with Crippen molar-refractivity contribution in [3.05, 3.63) is 24.0 Å². The number of rotatable bonds is 3. The van der Waals surface area contributed by atoms with Crippen molar-refractivity contribution in [3.63, 3.8) is 0 Å². The van der Waals surface area contributed by atoms with Gasteiger partial charge in [0.2, 0.25) is 0 Å². The van der Waals surface area contributed by atoms with Gasteiger partial charge in [0.1, 0.15) is 6.07 Å². The standard InChI is InChI=1S/C12H16N4/c13-7-9-3-1-4-10(9)16-11-5-2-6-15-12(11)8-14/h2,5-6,9-10,16H,1,3-4,7,13H2. The molecule has 1 heterocycles. The largest absolute Gasteiger partial charge is 0.380 e. The summed E-state index contributed by atoms with van der Waals surface area (Å²) in [7, 11) is 0. The van der Waals surface area contributed by atoms with Crippen LogP contribution < -0.4 is 11.1 Å². The second kappa shape index (κ2) is 4.95. The Balaban J connectivity index is 2.12. The average molecular weight is 216 g/mol. The third kappa shape index (κ3) is 2.15. The summed E-state index contributed by atoms with van der Waals surface area (Å²) in [6.07, 6.45) is 5.15. The normalized spacial score (nSPS) is 24.0. The highest BCUT2D eigenvalue weighted by Crippen LogP contribution is 2.28. The molecule has 0 amide bonds. The maximum atomic E-state index is 8.94. The second-order valence-electron chi connectivity index (χ2n) is 4.19. The zero-order valence-electron chi connectivity index (χ0n) is 9.19. The molecule has 1 aliphatic carbocycles. The predicted molar refractivity (Wildman–Crippen MR) is 62.8 cm³/mol. The highest BCUT2D eigenvalue weighted by Gasteiger charge is 2.26. The average Bonchev–Trinajstić information content (AvgIpc) is 2.77. The minimum Gasteiger partial charge on any atom is -0.380 e. The lowest BCUT2D eigenvalue weighted by atomic mass is 10.0. The van der Waals surface area contributed by atoms with Crippen LogP contribution in [0.25, 0.3) is 0 Å². The molecule has 2 unspecified atom stereocenters. The number of aromatic nitrogens is 1. The van der Waals surface area contributed by atoms with Gasteiger partial charge >= 0.3 is 0 Å². The van der Waals surface area contributed by atoms with Gasteiger partial charge in [0, 0.05) is 12.2 Å². The molecule has 0 aliphatic heterocycles. The van der Waals surface area contributed by atoms with Gasteiger partial charge < -0.3 is 11.1 Å². The van der Waals surface area contributed by atoms with Gasteiger partial charge in [-0.3, -0.25) is 0 Å². The van der Waals surface area contributed by atoms with E-state index < -0.39 is 0 Å². The highest BCUT2D eigenvalue weighted by atomic mass is 15.0. The van der Waals surface area contributed by atoms with Crippen LogP contribution in [-0.2, 0) is 0 Å². The summed E-state index contributed by atoms with van der Waals surface area (Å²) in [4.78, 5) is 4.04. The molecule has 2 rings (SSSR count). The third-order valence-corrected chi connectivity index (χ3v) is 3.22.